The van der Waals surface area contributed by atoms with Crippen molar-refractivity contribution in [3.63, 3.8) is 0 Å². The average Bonchev–Trinajstić information content (AvgIpc) is 3.92. The number of hydrogen-bond donors (Lipinski definition) is 0. The maximum absolute atomic E-state index is 15.1. The number of imide groups is 2. The van der Waals surface area contributed by atoms with Crippen LogP contribution in [0.25, 0.3) is 49.2 Å². The van der Waals surface area contributed by atoms with Gasteiger partial charge in [0.2, 0.25) is 0 Å². The normalized spacial score (nSPS) is 16.3. The second-order valence-corrected chi connectivity index (χ2v) is 24.0. The molecule has 11 rings (SSSR count). The van der Waals surface area contributed by atoms with Gasteiger partial charge in [0.05, 0.1) is 0 Å². The van der Waals surface area contributed by atoms with Crippen molar-refractivity contribution >= 4 is 96.0 Å². The summed E-state index contributed by atoms with van der Waals surface area (Å²) < 4.78 is 9.92. The third-order valence-electron chi connectivity index (χ3n) is 14.5. The summed E-state index contributed by atoms with van der Waals surface area (Å²) in [4.78, 5) is 61.6. The van der Waals surface area contributed by atoms with E-state index in [4.69, 9.17) is 4.74 Å². The Morgan fingerprint density at radius 3 is 1.55 bits per heavy atom. The number of allylic oxidation sites excluding steroid dienone is 5. The Labute approximate surface area is 442 Å². The molecule has 4 amide bonds. The van der Waals surface area contributed by atoms with E-state index in [9.17, 15) is 14.4 Å². The minimum atomic E-state index is -2.76. The molecule has 0 aliphatic carbocycles. The number of ether oxygens (including phenoxy) is 1. The molecule has 3 aliphatic heterocycles. The quantitative estimate of drug-likeness (QED) is 0.0448. The van der Waals surface area contributed by atoms with Crippen LogP contribution < -0.4 is 15.9 Å². The summed E-state index contributed by atoms with van der Waals surface area (Å²) in [6.45, 7) is 13.4. The number of carbonyl (C=O) groups excluding carboxylic acids is 4. The molecule has 3 heterocycles. The number of hydrogen-bond acceptors (Lipinski definition) is 5. The molecular formula is C65H53N2O5OsP+. The average molecular weight is 1160 g/mol. The van der Waals surface area contributed by atoms with Crippen LogP contribution in [0.5, 0.6) is 0 Å². The van der Waals surface area contributed by atoms with Crippen molar-refractivity contribution in [2.75, 3.05) is 26.3 Å². The van der Waals surface area contributed by atoms with Gasteiger partial charge in [-0.2, -0.15) is 0 Å². The summed E-state index contributed by atoms with van der Waals surface area (Å²) in [7, 11) is -2.76. The van der Waals surface area contributed by atoms with E-state index in [1.54, 1.807) is 17.9 Å². The molecule has 9 heteroatoms. The zero-order valence-electron chi connectivity index (χ0n) is 42.2. The van der Waals surface area contributed by atoms with E-state index in [2.05, 4.69) is 101 Å². The van der Waals surface area contributed by atoms with Crippen molar-refractivity contribution in [3.8, 4) is 16.2 Å². The van der Waals surface area contributed by atoms with Crippen LogP contribution in [0.4, 0.5) is 0 Å². The Morgan fingerprint density at radius 2 is 1.07 bits per heavy atom. The van der Waals surface area contributed by atoms with Crippen LogP contribution in [0, 0.1) is 28.0 Å². The van der Waals surface area contributed by atoms with E-state index in [-0.39, 0.29) is 48.6 Å². The van der Waals surface area contributed by atoms with Gasteiger partial charge in [-0.1, -0.05) is 33.8 Å². The first kappa shape index (κ1) is 48.9. The summed E-state index contributed by atoms with van der Waals surface area (Å²) in [5, 5.41) is 10.2. The van der Waals surface area contributed by atoms with E-state index in [1.165, 1.54) is 9.80 Å². The number of amides is 4. The number of nitrogens with zero attached hydrogens (tertiary/aromatic N) is 2. The van der Waals surface area contributed by atoms with Crippen molar-refractivity contribution < 1.29 is 41.9 Å². The minimum absolute atomic E-state index is 0.0267. The van der Waals surface area contributed by atoms with Gasteiger partial charge in [0, 0.05) is 6.54 Å². The predicted octanol–water partition coefficient (Wildman–Crippen LogP) is 12.3. The topological polar surface area (TPSA) is 84.0 Å². The molecule has 0 bridgehead atoms. The van der Waals surface area contributed by atoms with Crippen LogP contribution in [0.2, 0.25) is 0 Å². The zero-order valence-corrected chi connectivity index (χ0v) is 45.6. The molecule has 0 spiro atoms. The van der Waals surface area contributed by atoms with E-state index < -0.39 is 7.26 Å². The molecule has 0 unspecified atom stereocenters. The predicted molar refractivity (Wildman–Crippen MR) is 298 cm³/mol. The third kappa shape index (κ3) is 7.69. The van der Waals surface area contributed by atoms with E-state index in [0.717, 1.165) is 75.8 Å². The molecular weight excluding hydrogens is 1110 g/mol. The molecule has 365 valence electrons. The van der Waals surface area contributed by atoms with Crippen molar-refractivity contribution in [2.24, 2.45) is 11.8 Å². The van der Waals surface area contributed by atoms with Gasteiger partial charge in [0.25, 0.3) is 0 Å². The van der Waals surface area contributed by atoms with E-state index in [0.29, 0.717) is 51.8 Å². The fraction of sp³-hybridized carbons (Fsp3) is 0.185. The molecule has 0 aromatic heterocycles. The Bertz CT molecular complexity index is 3850. The van der Waals surface area contributed by atoms with Gasteiger partial charge in [0.15, 0.2) is 0 Å². The summed E-state index contributed by atoms with van der Waals surface area (Å²) in [5.41, 5.74) is 6.01. The Balaban J connectivity index is 1.32. The van der Waals surface area contributed by atoms with E-state index in [1.807, 2.05) is 108 Å². The second kappa shape index (κ2) is 19.5. The first-order valence-corrected chi connectivity index (χ1v) is 28.2. The Kier molecular flexibility index (Phi) is 12.9. The van der Waals surface area contributed by atoms with Crippen LogP contribution in [0.1, 0.15) is 94.1 Å². The van der Waals surface area contributed by atoms with Gasteiger partial charge < -0.3 is 0 Å². The standard InChI is InChI=1S/C65H53N2O5P.Os/c1-8-19-44-33-54-58-52(62(68)66(64(54)70)35-39(3)4)31-29-51-57-45(34-55-59-53(63(69)67(65(55)71)36-40(5)6)30-28-50(61(57)59)56(44)60(51)58)27-26-43(32-46-38-72-37-42(46)9-2)41(7)73(47-20-13-10-14-21-47,48-22-15-11-16-23-48)49-24-17-12-18-25-49;/h8-25,28-34,39-40H,35-38H2,1-6H3;/q+1;/b19-8+,42-9?,43-41?,46-32?;. The molecule has 0 N–H and O–H groups in total. The molecule has 8 aromatic rings. The fourth-order valence-electron chi connectivity index (χ4n) is 11.5. The summed E-state index contributed by atoms with van der Waals surface area (Å²) in [6.07, 6.45) is 8.22. The first-order chi connectivity index (χ1) is 35.9. The zero-order chi connectivity index (χ0) is 51.6. The summed E-state index contributed by atoms with van der Waals surface area (Å²) >= 11 is 1.70. The number of rotatable bonds is 10. The van der Waals surface area contributed by atoms with Gasteiger partial charge in [-0.3, -0.25) is 14.5 Å². The van der Waals surface area contributed by atoms with E-state index >= 15 is 4.79 Å². The maximum atomic E-state index is 15.1. The summed E-state index contributed by atoms with van der Waals surface area (Å²) in [6, 6.07) is 43.4. The first-order valence-electron chi connectivity index (χ1n) is 25.2. The number of carbonyl (C=O) groups is 4. The molecule has 74 heavy (non-hydrogen) atoms. The molecule has 1 saturated heterocycles. The van der Waals surface area contributed by atoms with Crippen molar-refractivity contribution in [3.05, 3.63) is 201 Å². The molecule has 8 aromatic carbocycles. The number of benzene rings is 8. The van der Waals surface area contributed by atoms with Crippen LogP contribution in [0.15, 0.2) is 168 Å². The Morgan fingerprint density at radius 1 is 0.595 bits per heavy atom. The molecule has 0 atom stereocenters. The van der Waals surface area contributed by atoms with Crippen LogP contribution in [-0.4, -0.2) is 59.7 Å². The summed E-state index contributed by atoms with van der Waals surface area (Å²) in [5.74, 6) is 6.27. The van der Waals surface area contributed by atoms with Gasteiger partial charge in [-0.05, 0) is 12.8 Å². The molecule has 1 fully saturated rings. The Hall–Kier alpha value is -7.33. The van der Waals surface area contributed by atoms with Gasteiger partial charge in [-0.25, -0.2) is 0 Å². The van der Waals surface area contributed by atoms with Gasteiger partial charge in [0.1, 0.15) is 0 Å². The second-order valence-electron chi connectivity index (χ2n) is 20.0. The SMILES string of the molecule is CC=C1COCC1=CC(C#Cc1cc2c3c(ccc4c5c(/C=C/C)cc6c7c(ccc(c1c34)c75)C(=O)N(CC(C)C)C6=O)C(=O)N(CC(C)C)C2=O)=C([C]#[Os])[P+](c1ccccc1)(c1ccccc1)c1ccccc1. The van der Waals surface area contributed by atoms with Crippen molar-refractivity contribution in [1.82, 2.24) is 9.80 Å². The van der Waals surface area contributed by atoms with Crippen LogP contribution >= 0.6 is 7.26 Å². The van der Waals surface area contributed by atoms with Gasteiger partial charge in [-0.15, -0.1) is 0 Å². The van der Waals surface area contributed by atoms with Crippen molar-refractivity contribution in [1.29, 1.82) is 0 Å². The molecule has 0 radical (unpaired) electrons. The fourth-order valence-corrected chi connectivity index (χ4v) is 17.2. The molecule has 0 saturated carbocycles. The van der Waals surface area contributed by atoms with Gasteiger partial charge >= 0.3 is 377 Å². The van der Waals surface area contributed by atoms with Crippen molar-refractivity contribution in [2.45, 2.75) is 41.5 Å². The third-order valence-corrected chi connectivity index (χ3v) is 19.9. The monoisotopic (exact) mass is 1160 g/mol. The van der Waals surface area contributed by atoms with Crippen LogP contribution in [-0.2, 0) is 22.7 Å². The molecule has 7 nitrogen and oxygen atoms in total. The molecule has 3 aliphatic rings. The van der Waals surface area contributed by atoms with Crippen LogP contribution in [0.3, 0.4) is 0 Å². The number of fused-ring (bicyclic) bond motifs is 2.